The lowest BCUT2D eigenvalue weighted by atomic mass is 10.2. The lowest BCUT2D eigenvalue weighted by Crippen LogP contribution is -2.31. The first-order chi connectivity index (χ1) is 11.4. The van der Waals surface area contributed by atoms with Gasteiger partial charge in [-0.15, -0.1) is 0 Å². The third-order valence-electron chi connectivity index (χ3n) is 3.35. The molecular weight excluding hydrogens is 336 g/mol. The second-order valence-electron chi connectivity index (χ2n) is 5.25. The second-order valence-corrected chi connectivity index (χ2v) is 6.40. The van der Waals surface area contributed by atoms with Crippen LogP contribution in [-0.4, -0.2) is 50.9 Å². The molecule has 24 heavy (non-hydrogen) atoms. The summed E-state index contributed by atoms with van der Waals surface area (Å²) in [6.07, 6.45) is -0.592. The van der Waals surface area contributed by atoms with Crippen molar-refractivity contribution in [3.63, 3.8) is 0 Å². The molecule has 134 valence electrons. The number of benzene rings is 1. The molecule has 0 amide bonds. The molecule has 1 aromatic carbocycles. The molecular formula is C16H22O7S. The van der Waals surface area contributed by atoms with E-state index in [1.807, 2.05) is 0 Å². The van der Waals surface area contributed by atoms with Crippen LogP contribution >= 0.6 is 11.8 Å². The van der Waals surface area contributed by atoms with E-state index in [1.165, 1.54) is 28.3 Å². The Hall–Kier alpha value is -1.64. The number of hydrogen-bond donors (Lipinski definition) is 0. The van der Waals surface area contributed by atoms with Crippen molar-refractivity contribution < 1.29 is 33.2 Å². The smallest absolute Gasteiger partial charge is 0.226 e. The van der Waals surface area contributed by atoms with Crippen LogP contribution in [0.1, 0.15) is 13.8 Å². The van der Waals surface area contributed by atoms with Gasteiger partial charge in [-0.1, -0.05) is 11.8 Å². The van der Waals surface area contributed by atoms with Gasteiger partial charge in [-0.3, -0.25) is 4.79 Å². The molecule has 0 radical (unpaired) electrons. The van der Waals surface area contributed by atoms with Crippen LogP contribution in [0, 0.1) is 0 Å². The zero-order valence-corrected chi connectivity index (χ0v) is 15.2. The van der Waals surface area contributed by atoms with Crippen molar-refractivity contribution >= 4 is 16.9 Å². The third kappa shape index (κ3) is 4.46. The highest BCUT2D eigenvalue weighted by Crippen LogP contribution is 2.41. The highest BCUT2D eigenvalue weighted by atomic mass is 32.2. The van der Waals surface area contributed by atoms with Crippen LogP contribution in [0.5, 0.6) is 23.0 Å². The Labute approximate surface area is 145 Å². The lowest BCUT2D eigenvalue weighted by molar-refractivity contribution is -0.164. The van der Waals surface area contributed by atoms with Crippen LogP contribution in [0.4, 0.5) is 0 Å². The number of carbonyl (C=O) groups excluding carboxylic acids is 1. The summed E-state index contributed by atoms with van der Waals surface area (Å²) >= 11 is 1.15. The fraction of sp³-hybridized carbons (Fsp3) is 0.562. The maximum Gasteiger partial charge on any atom is 0.226 e. The summed E-state index contributed by atoms with van der Waals surface area (Å²) in [6.45, 7) is 3.54. The summed E-state index contributed by atoms with van der Waals surface area (Å²) in [4.78, 5) is 11.1. The molecule has 0 aliphatic carbocycles. The number of thioether (sulfide) groups is 1. The first-order valence-electron chi connectivity index (χ1n) is 7.32. The van der Waals surface area contributed by atoms with Gasteiger partial charge in [0.2, 0.25) is 12.0 Å². The van der Waals surface area contributed by atoms with Gasteiger partial charge in [-0.2, -0.15) is 0 Å². The molecule has 1 aliphatic rings. The number of methoxy groups -OCH3 is 3. The fourth-order valence-electron chi connectivity index (χ4n) is 2.23. The topological polar surface area (TPSA) is 72.5 Å². The average Bonchev–Trinajstić information content (AvgIpc) is 2.93. The van der Waals surface area contributed by atoms with Gasteiger partial charge >= 0.3 is 0 Å². The van der Waals surface area contributed by atoms with Crippen molar-refractivity contribution in [2.24, 2.45) is 0 Å². The Morgan fingerprint density at radius 1 is 1.25 bits per heavy atom. The molecule has 0 aromatic heterocycles. The zero-order valence-electron chi connectivity index (χ0n) is 14.4. The van der Waals surface area contributed by atoms with Crippen molar-refractivity contribution in [3.05, 3.63) is 12.1 Å². The van der Waals surface area contributed by atoms with Crippen molar-refractivity contribution in [2.45, 2.75) is 25.9 Å². The molecule has 0 saturated carbocycles. The Morgan fingerprint density at radius 2 is 1.88 bits per heavy atom. The quantitative estimate of drug-likeness (QED) is 0.736. The summed E-state index contributed by atoms with van der Waals surface area (Å²) in [5.41, 5.74) is 0. The number of rotatable bonds is 7. The Morgan fingerprint density at radius 3 is 2.38 bits per heavy atom. The van der Waals surface area contributed by atoms with Gasteiger partial charge in [0.1, 0.15) is 12.4 Å². The number of carbonyl (C=O) groups is 1. The van der Waals surface area contributed by atoms with Gasteiger partial charge in [0.05, 0.1) is 27.1 Å². The molecule has 0 bridgehead atoms. The van der Waals surface area contributed by atoms with Gasteiger partial charge in [0, 0.05) is 19.1 Å². The van der Waals surface area contributed by atoms with Gasteiger partial charge in [0.15, 0.2) is 22.4 Å². The Balaban J connectivity index is 2.08. The summed E-state index contributed by atoms with van der Waals surface area (Å²) < 4.78 is 33.1. The van der Waals surface area contributed by atoms with Gasteiger partial charge in [-0.25, -0.2) is 0 Å². The molecule has 8 heteroatoms. The van der Waals surface area contributed by atoms with Crippen LogP contribution in [0.15, 0.2) is 12.1 Å². The van der Waals surface area contributed by atoms with Gasteiger partial charge in [-0.05, 0) is 6.92 Å². The van der Waals surface area contributed by atoms with E-state index < -0.39 is 12.1 Å². The number of hydrogen-bond acceptors (Lipinski definition) is 8. The molecule has 0 N–H and O–H groups in total. The predicted molar refractivity (Wildman–Crippen MR) is 89.1 cm³/mol. The molecule has 1 aliphatic heterocycles. The van der Waals surface area contributed by atoms with E-state index in [0.717, 1.165) is 11.8 Å². The minimum Gasteiger partial charge on any atom is -0.493 e. The van der Waals surface area contributed by atoms with Crippen LogP contribution in [0.2, 0.25) is 0 Å². The standard InChI is InChI=1S/C16H22O7S/c1-10(17)24-9-16(2)21-8-14(23-16)22-11-6-12(18-3)15(20-5)13(7-11)19-4/h6-7,14H,8-9H2,1-5H3. The van der Waals surface area contributed by atoms with E-state index in [1.54, 1.807) is 19.1 Å². The van der Waals surface area contributed by atoms with Gasteiger partial charge in [0.25, 0.3) is 0 Å². The second kappa shape index (κ2) is 7.96. The third-order valence-corrected chi connectivity index (χ3v) is 4.42. The van der Waals surface area contributed by atoms with Crippen molar-refractivity contribution in [2.75, 3.05) is 33.7 Å². The highest BCUT2D eigenvalue weighted by Gasteiger charge is 2.39. The average molecular weight is 358 g/mol. The first kappa shape index (κ1) is 18.7. The maximum atomic E-state index is 11.1. The van der Waals surface area contributed by atoms with Crippen molar-refractivity contribution in [1.29, 1.82) is 0 Å². The monoisotopic (exact) mass is 358 g/mol. The van der Waals surface area contributed by atoms with Crippen molar-refractivity contribution in [1.82, 2.24) is 0 Å². The molecule has 1 heterocycles. The Kier molecular flexibility index (Phi) is 6.20. The van der Waals surface area contributed by atoms with Gasteiger partial charge < -0.3 is 28.4 Å². The molecule has 1 fully saturated rings. The Bertz CT molecular complexity index is 567. The van der Waals surface area contributed by atoms with Crippen LogP contribution < -0.4 is 18.9 Å². The molecule has 1 saturated heterocycles. The summed E-state index contributed by atoms with van der Waals surface area (Å²) in [7, 11) is 4.60. The predicted octanol–water partition coefficient (Wildman–Crippen LogP) is 2.46. The molecule has 7 nitrogen and oxygen atoms in total. The van der Waals surface area contributed by atoms with Crippen LogP contribution in [-0.2, 0) is 14.3 Å². The van der Waals surface area contributed by atoms with Crippen molar-refractivity contribution in [3.8, 4) is 23.0 Å². The fourth-order valence-corrected chi connectivity index (χ4v) is 2.85. The van der Waals surface area contributed by atoms with E-state index in [2.05, 4.69) is 0 Å². The zero-order chi connectivity index (χ0) is 17.7. The highest BCUT2D eigenvalue weighted by molar-refractivity contribution is 8.13. The van der Waals surface area contributed by atoms with Crippen LogP contribution in [0.25, 0.3) is 0 Å². The van der Waals surface area contributed by atoms with E-state index in [0.29, 0.717) is 28.8 Å². The van der Waals surface area contributed by atoms with E-state index in [-0.39, 0.29) is 11.7 Å². The minimum atomic E-state index is -0.859. The summed E-state index contributed by atoms with van der Waals surface area (Å²) in [5, 5.41) is 0.0115. The molecule has 2 unspecified atom stereocenters. The maximum absolute atomic E-state index is 11.1. The lowest BCUT2D eigenvalue weighted by Gasteiger charge is -2.22. The van der Waals surface area contributed by atoms with E-state index in [9.17, 15) is 4.79 Å². The minimum absolute atomic E-state index is 0.0115. The normalized spacial score (nSPS) is 23.0. The van der Waals surface area contributed by atoms with E-state index >= 15 is 0 Å². The molecule has 1 aromatic rings. The first-order valence-corrected chi connectivity index (χ1v) is 8.31. The number of ether oxygens (including phenoxy) is 6. The summed E-state index contributed by atoms with van der Waals surface area (Å²) in [5.74, 6) is 1.50. The molecule has 0 spiro atoms. The van der Waals surface area contributed by atoms with Crippen LogP contribution in [0.3, 0.4) is 0 Å². The summed E-state index contributed by atoms with van der Waals surface area (Å²) in [6, 6.07) is 3.37. The van der Waals surface area contributed by atoms with E-state index in [4.69, 9.17) is 28.4 Å². The SMILES string of the molecule is COc1cc(OC2COC(C)(CSC(C)=O)O2)cc(OC)c1OC. The molecule has 2 rings (SSSR count). The largest absolute Gasteiger partial charge is 0.493 e. The molecule has 2 atom stereocenters.